The fourth-order valence-electron chi connectivity index (χ4n) is 2.46. The van der Waals surface area contributed by atoms with E-state index in [0.29, 0.717) is 44.4 Å². The Morgan fingerprint density at radius 2 is 1.71 bits per heavy atom. The Balaban J connectivity index is 0.00000220. The van der Waals surface area contributed by atoms with E-state index in [1.165, 1.54) is 11.8 Å². The highest BCUT2D eigenvalue weighted by Crippen LogP contribution is 2.11. The number of ether oxygens (including phenoxy) is 1. The molecule has 0 bridgehead atoms. The number of hydrogen-bond donors (Lipinski definition) is 1. The maximum Gasteiger partial charge on any atom is 0.232 e. The predicted octanol–water partition coefficient (Wildman–Crippen LogP) is -0.0501. The Morgan fingerprint density at radius 1 is 1.10 bits per heavy atom. The van der Waals surface area contributed by atoms with Gasteiger partial charge in [0.1, 0.15) is 0 Å². The van der Waals surface area contributed by atoms with Crippen molar-refractivity contribution in [1.29, 1.82) is 0 Å². The molecule has 0 aromatic carbocycles. The van der Waals surface area contributed by atoms with Crippen LogP contribution in [0.3, 0.4) is 0 Å². The van der Waals surface area contributed by atoms with Gasteiger partial charge < -0.3 is 20.3 Å². The molecule has 8 heteroatoms. The van der Waals surface area contributed by atoms with Crippen LogP contribution in [0.5, 0.6) is 0 Å². The number of nitrogens with zero attached hydrogens (tertiary/aromatic N) is 2. The maximum atomic E-state index is 12.0. The minimum atomic E-state index is 0. The topological polar surface area (TPSA) is 75.9 Å². The first kappa shape index (κ1) is 18.5. The van der Waals surface area contributed by atoms with Crippen molar-refractivity contribution in [1.82, 2.24) is 9.80 Å². The van der Waals surface area contributed by atoms with Crippen LogP contribution in [0.4, 0.5) is 0 Å². The Morgan fingerprint density at radius 3 is 2.33 bits per heavy atom. The summed E-state index contributed by atoms with van der Waals surface area (Å²) in [5.41, 5.74) is 5.86. The largest absolute Gasteiger partial charge is 0.378 e. The molecule has 2 heterocycles. The Hall–Kier alpha value is -0.500. The highest BCUT2D eigenvalue weighted by atomic mass is 35.5. The van der Waals surface area contributed by atoms with Crippen LogP contribution in [-0.2, 0) is 14.3 Å². The lowest BCUT2D eigenvalue weighted by Crippen LogP contribution is -2.46. The van der Waals surface area contributed by atoms with E-state index in [0.717, 1.165) is 19.4 Å². The molecule has 2 aliphatic rings. The molecule has 6 nitrogen and oxygen atoms in total. The SMILES string of the molecule is Cl.NC1CCCN(C(=O)CSCC(=O)N2CCOCC2)C1. The van der Waals surface area contributed by atoms with Gasteiger partial charge in [0.2, 0.25) is 11.8 Å². The second-order valence-corrected chi connectivity index (χ2v) is 6.21. The van der Waals surface area contributed by atoms with E-state index < -0.39 is 0 Å². The van der Waals surface area contributed by atoms with E-state index in [2.05, 4.69) is 0 Å². The molecule has 2 fully saturated rings. The van der Waals surface area contributed by atoms with Gasteiger partial charge in [-0.15, -0.1) is 24.2 Å². The summed E-state index contributed by atoms with van der Waals surface area (Å²) in [5, 5.41) is 0. The molecule has 2 amide bonds. The van der Waals surface area contributed by atoms with Crippen molar-refractivity contribution in [3.63, 3.8) is 0 Å². The molecule has 21 heavy (non-hydrogen) atoms. The molecule has 2 N–H and O–H groups in total. The zero-order valence-electron chi connectivity index (χ0n) is 12.2. The van der Waals surface area contributed by atoms with E-state index in [-0.39, 0.29) is 30.3 Å². The number of halogens is 1. The summed E-state index contributed by atoms with van der Waals surface area (Å²) < 4.78 is 5.21. The second kappa shape index (κ2) is 9.50. The summed E-state index contributed by atoms with van der Waals surface area (Å²) >= 11 is 1.39. The maximum absolute atomic E-state index is 12.0. The van der Waals surface area contributed by atoms with Gasteiger partial charge in [-0.25, -0.2) is 0 Å². The van der Waals surface area contributed by atoms with Gasteiger partial charge in [-0.05, 0) is 12.8 Å². The third-order valence-corrected chi connectivity index (χ3v) is 4.53. The normalized spacial score (nSPS) is 22.6. The Bertz CT molecular complexity index is 354. The third-order valence-electron chi connectivity index (χ3n) is 3.63. The lowest BCUT2D eigenvalue weighted by molar-refractivity contribution is -0.132. The van der Waals surface area contributed by atoms with Crippen LogP contribution in [0.2, 0.25) is 0 Å². The number of likely N-dealkylation sites (tertiary alicyclic amines) is 1. The number of amides is 2. The number of rotatable bonds is 4. The van der Waals surface area contributed by atoms with Crippen LogP contribution >= 0.6 is 24.2 Å². The van der Waals surface area contributed by atoms with Gasteiger partial charge in [0.15, 0.2) is 0 Å². The van der Waals surface area contributed by atoms with E-state index in [9.17, 15) is 9.59 Å². The molecule has 0 aliphatic carbocycles. The Kier molecular flexibility index (Phi) is 8.39. The van der Waals surface area contributed by atoms with Gasteiger partial charge in [-0.1, -0.05) is 0 Å². The van der Waals surface area contributed by atoms with Crippen LogP contribution in [0, 0.1) is 0 Å². The van der Waals surface area contributed by atoms with E-state index in [1.807, 2.05) is 4.90 Å². The molecular formula is C13H24ClN3O3S. The monoisotopic (exact) mass is 337 g/mol. The number of carbonyl (C=O) groups excluding carboxylic acids is 2. The van der Waals surface area contributed by atoms with Gasteiger partial charge in [0, 0.05) is 32.2 Å². The second-order valence-electron chi connectivity index (χ2n) is 5.23. The molecule has 2 rings (SSSR count). The molecule has 1 atom stereocenters. The van der Waals surface area contributed by atoms with Crippen molar-refractivity contribution >= 4 is 36.0 Å². The zero-order valence-corrected chi connectivity index (χ0v) is 13.8. The summed E-state index contributed by atoms with van der Waals surface area (Å²) in [6, 6.07) is 0.104. The highest BCUT2D eigenvalue weighted by Gasteiger charge is 2.22. The van der Waals surface area contributed by atoms with Crippen LogP contribution in [-0.4, -0.2) is 78.6 Å². The number of nitrogens with two attached hydrogens (primary N) is 1. The summed E-state index contributed by atoms with van der Waals surface area (Å²) in [5.74, 6) is 0.926. The number of thioether (sulfide) groups is 1. The summed E-state index contributed by atoms with van der Waals surface area (Å²) in [6.45, 7) is 3.99. The first-order valence-corrected chi connectivity index (χ1v) is 8.29. The fraction of sp³-hybridized carbons (Fsp3) is 0.846. The molecular weight excluding hydrogens is 314 g/mol. The van der Waals surface area contributed by atoms with E-state index >= 15 is 0 Å². The lowest BCUT2D eigenvalue weighted by Gasteiger charge is -2.31. The summed E-state index contributed by atoms with van der Waals surface area (Å²) in [6.07, 6.45) is 1.97. The molecule has 122 valence electrons. The van der Waals surface area contributed by atoms with Gasteiger partial charge in [-0.2, -0.15) is 0 Å². The molecule has 0 aromatic heterocycles. The number of piperidine rings is 1. The van der Waals surface area contributed by atoms with Crippen LogP contribution in [0.1, 0.15) is 12.8 Å². The number of hydrogen-bond acceptors (Lipinski definition) is 5. The smallest absolute Gasteiger partial charge is 0.232 e. The predicted molar refractivity (Wildman–Crippen MR) is 85.8 cm³/mol. The van der Waals surface area contributed by atoms with Crippen LogP contribution in [0.25, 0.3) is 0 Å². The number of morpholine rings is 1. The van der Waals surface area contributed by atoms with Crippen molar-refractivity contribution in [2.24, 2.45) is 5.73 Å². The van der Waals surface area contributed by atoms with E-state index in [1.54, 1.807) is 4.90 Å². The number of carbonyl (C=O) groups is 2. The van der Waals surface area contributed by atoms with Crippen LogP contribution in [0.15, 0.2) is 0 Å². The molecule has 2 saturated heterocycles. The quantitative estimate of drug-likeness (QED) is 0.778. The average molecular weight is 338 g/mol. The molecule has 2 aliphatic heterocycles. The van der Waals surface area contributed by atoms with Crippen molar-refractivity contribution < 1.29 is 14.3 Å². The standard InChI is InChI=1S/C13H23N3O3S.ClH/c14-11-2-1-3-16(8-11)13(18)10-20-9-12(17)15-4-6-19-7-5-15;/h11H,1-10,14H2;1H. The zero-order chi connectivity index (χ0) is 14.4. The summed E-state index contributed by atoms with van der Waals surface area (Å²) in [4.78, 5) is 27.5. The molecule has 0 saturated carbocycles. The fourth-order valence-corrected chi connectivity index (χ4v) is 3.27. The van der Waals surface area contributed by atoms with E-state index in [4.69, 9.17) is 10.5 Å². The molecule has 1 unspecified atom stereocenters. The average Bonchev–Trinajstić information content (AvgIpc) is 2.48. The molecule has 0 radical (unpaired) electrons. The van der Waals surface area contributed by atoms with Crippen molar-refractivity contribution in [2.75, 3.05) is 50.9 Å². The van der Waals surface area contributed by atoms with Crippen molar-refractivity contribution in [3.8, 4) is 0 Å². The third kappa shape index (κ3) is 6.02. The minimum absolute atomic E-state index is 0. The highest BCUT2D eigenvalue weighted by molar-refractivity contribution is 8.00. The lowest BCUT2D eigenvalue weighted by atomic mass is 10.1. The Labute approximate surface area is 136 Å². The molecule has 0 spiro atoms. The van der Waals surface area contributed by atoms with Gasteiger partial charge >= 0.3 is 0 Å². The van der Waals surface area contributed by atoms with Crippen LogP contribution < -0.4 is 5.73 Å². The van der Waals surface area contributed by atoms with Gasteiger partial charge in [0.05, 0.1) is 24.7 Å². The van der Waals surface area contributed by atoms with Crippen molar-refractivity contribution in [2.45, 2.75) is 18.9 Å². The minimum Gasteiger partial charge on any atom is -0.378 e. The molecule has 0 aromatic rings. The van der Waals surface area contributed by atoms with Gasteiger partial charge in [-0.3, -0.25) is 9.59 Å². The summed E-state index contributed by atoms with van der Waals surface area (Å²) in [7, 11) is 0. The first-order chi connectivity index (χ1) is 9.66. The van der Waals surface area contributed by atoms with Crippen molar-refractivity contribution in [3.05, 3.63) is 0 Å². The van der Waals surface area contributed by atoms with Gasteiger partial charge in [0.25, 0.3) is 0 Å². The first-order valence-electron chi connectivity index (χ1n) is 7.13.